The molecule has 0 heterocycles. The van der Waals surface area contributed by atoms with Gasteiger partial charge >= 0.3 is 0 Å². The molecule has 1 rings (SSSR count). The number of carbonyl (C=O) groups excluding carboxylic acids is 1. The topological polar surface area (TPSA) is 41.5 Å². The van der Waals surface area contributed by atoms with Gasteiger partial charge in [-0.25, -0.2) is 5.43 Å². The fraction of sp³-hybridized carbons (Fsp3) is 0.529. The molecule has 1 aromatic rings. The quantitative estimate of drug-likeness (QED) is 0.403. The molecule has 0 atom stereocenters. The van der Waals surface area contributed by atoms with E-state index >= 15 is 0 Å². The van der Waals surface area contributed by atoms with Gasteiger partial charge in [-0.3, -0.25) is 4.79 Å². The third kappa shape index (κ3) is 7.07. The van der Waals surface area contributed by atoms with Crippen LogP contribution in [0.2, 0.25) is 0 Å². The highest BCUT2D eigenvalue weighted by molar-refractivity contribution is 5.94. The SMILES string of the molecule is CCCCCCCCC=NNC(=O)c1ccc(C)cc1. The van der Waals surface area contributed by atoms with Crippen molar-refractivity contribution in [3.05, 3.63) is 35.4 Å². The van der Waals surface area contributed by atoms with E-state index in [0.717, 1.165) is 18.4 Å². The lowest BCUT2D eigenvalue weighted by molar-refractivity contribution is 0.0955. The van der Waals surface area contributed by atoms with Crippen molar-refractivity contribution in [3.63, 3.8) is 0 Å². The lowest BCUT2D eigenvalue weighted by Crippen LogP contribution is -2.17. The zero-order valence-corrected chi connectivity index (χ0v) is 12.7. The number of hydrazone groups is 1. The van der Waals surface area contributed by atoms with Gasteiger partial charge in [0.2, 0.25) is 0 Å². The van der Waals surface area contributed by atoms with Crippen molar-refractivity contribution in [1.29, 1.82) is 0 Å². The Hall–Kier alpha value is -1.64. The zero-order valence-electron chi connectivity index (χ0n) is 12.7. The van der Waals surface area contributed by atoms with Crippen molar-refractivity contribution >= 4 is 12.1 Å². The molecule has 1 N–H and O–H groups in total. The third-order valence-electron chi connectivity index (χ3n) is 3.26. The second-order valence-electron chi connectivity index (χ2n) is 5.18. The van der Waals surface area contributed by atoms with Crippen molar-refractivity contribution in [3.8, 4) is 0 Å². The lowest BCUT2D eigenvalue weighted by atomic mass is 10.1. The van der Waals surface area contributed by atoms with Crippen LogP contribution in [0.15, 0.2) is 29.4 Å². The van der Waals surface area contributed by atoms with Crippen LogP contribution in [0.1, 0.15) is 67.8 Å². The van der Waals surface area contributed by atoms with Gasteiger partial charge in [0.05, 0.1) is 0 Å². The van der Waals surface area contributed by atoms with Crippen LogP contribution in [0.4, 0.5) is 0 Å². The first-order chi connectivity index (χ1) is 9.74. The van der Waals surface area contributed by atoms with E-state index in [9.17, 15) is 4.79 Å². The van der Waals surface area contributed by atoms with Gasteiger partial charge in [0.1, 0.15) is 0 Å². The van der Waals surface area contributed by atoms with Crippen LogP contribution in [0.5, 0.6) is 0 Å². The van der Waals surface area contributed by atoms with Gasteiger partial charge < -0.3 is 0 Å². The Morgan fingerprint density at radius 2 is 1.75 bits per heavy atom. The van der Waals surface area contributed by atoms with E-state index in [1.54, 1.807) is 6.21 Å². The molecule has 0 aliphatic carbocycles. The van der Waals surface area contributed by atoms with Gasteiger partial charge in [0, 0.05) is 11.8 Å². The lowest BCUT2D eigenvalue weighted by Gasteiger charge is -2.00. The number of hydrogen-bond donors (Lipinski definition) is 1. The normalized spacial score (nSPS) is 10.9. The van der Waals surface area contributed by atoms with Crippen molar-refractivity contribution in [2.24, 2.45) is 5.10 Å². The Bertz CT molecular complexity index is 410. The number of unbranched alkanes of at least 4 members (excludes halogenated alkanes) is 6. The zero-order chi connectivity index (χ0) is 14.6. The maximum atomic E-state index is 11.7. The Morgan fingerprint density at radius 1 is 1.10 bits per heavy atom. The van der Waals surface area contributed by atoms with Gasteiger partial charge in [0.25, 0.3) is 5.91 Å². The molecule has 0 saturated heterocycles. The van der Waals surface area contributed by atoms with E-state index in [0.29, 0.717) is 5.56 Å². The number of aryl methyl sites for hydroxylation is 1. The second kappa shape index (κ2) is 10.2. The molecule has 0 unspecified atom stereocenters. The van der Waals surface area contributed by atoms with Gasteiger partial charge in [-0.15, -0.1) is 0 Å². The molecule has 3 heteroatoms. The van der Waals surface area contributed by atoms with Gasteiger partial charge in [0.15, 0.2) is 0 Å². The summed E-state index contributed by atoms with van der Waals surface area (Å²) in [7, 11) is 0. The Labute approximate surface area is 122 Å². The van der Waals surface area contributed by atoms with E-state index in [4.69, 9.17) is 0 Å². The standard InChI is InChI=1S/C17H26N2O/c1-3-4-5-6-7-8-9-14-18-19-17(20)16-12-10-15(2)11-13-16/h10-14H,3-9H2,1-2H3,(H,19,20). The molecule has 3 nitrogen and oxygen atoms in total. The van der Waals surface area contributed by atoms with Crippen molar-refractivity contribution in [1.82, 2.24) is 5.43 Å². The summed E-state index contributed by atoms with van der Waals surface area (Å²) >= 11 is 0. The van der Waals surface area contributed by atoms with E-state index in [1.165, 1.54) is 32.1 Å². The average molecular weight is 274 g/mol. The summed E-state index contributed by atoms with van der Waals surface area (Å²) in [5.41, 5.74) is 4.35. The summed E-state index contributed by atoms with van der Waals surface area (Å²) in [5.74, 6) is -0.149. The van der Waals surface area contributed by atoms with Crippen LogP contribution < -0.4 is 5.43 Å². The Kier molecular flexibility index (Phi) is 8.36. The van der Waals surface area contributed by atoms with Gasteiger partial charge in [-0.1, -0.05) is 56.7 Å². The number of carbonyl (C=O) groups is 1. The fourth-order valence-corrected chi connectivity index (χ4v) is 1.95. The predicted molar refractivity (Wildman–Crippen MR) is 85.1 cm³/mol. The first-order valence-electron chi connectivity index (χ1n) is 7.62. The van der Waals surface area contributed by atoms with E-state index in [1.807, 2.05) is 31.2 Å². The van der Waals surface area contributed by atoms with Crippen molar-refractivity contribution < 1.29 is 4.79 Å². The van der Waals surface area contributed by atoms with Crippen LogP contribution >= 0.6 is 0 Å². The van der Waals surface area contributed by atoms with Crippen LogP contribution in [0.25, 0.3) is 0 Å². The first kappa shape index (κ1) is 16.4. The minimum absolute atomic E-state index is 0.149. The molecule has 0 fully saturated rings. The van der Waals surface area contributed by atoms with Crippen LogP contribution in [0, 0.1) is 6.92 Å². The third-order valence-corrected chi connectivity index (χ3v) is 3.26. The molecule has 0 aromatic heterocycles. The molecule has 0 spiro atoms. The molecule has 0 saturated carbocycles. The van der Waals surface area contributed by atoms with Crippen molar-refractivity contribution in [2.75, 3.05) is 0 Å². The van der Waals surface area contributed by atoms with Crippen molar-refractivity contribution in [2.45, 2.75) is 58.8 Å². The summed E-state index contributed by atoms with van der Waals surface area (Å²) in [6.45, 7) is 4.23. The maximum absolute atomic E-state index is 11.7. The van der Waals surface area contributed by atoms with Crippen LogP contribution in [-0.2, 0) is 0 Å². The van der Waals surface area contributed by atoms with Gasteiger partial charge in [-0.05, 0) is 31.9 Å². The van der Waals surface area contributed by atoms with E-state index < -0.39 is 0 Å². The Morgan fingerprint density at radius 3 is 2.45 bits per heavy atom. The van der Waals surface area contributed by atoms with E-state index in [-0.39, 0.29) is 5.91 Å². The van der Waals surface area contributed by atoms with E-state index in [2.05, 4.69) is 17.5 Å². The highest BCUT2D eigenvalue weighted by atomic mass is 16.2. The van der Waals surface area contributed by atoms with Gasteiger partial charge in [-0.2, -0.15) is 5.10 Å². The number of amides is 1. The molecule has 0 aliphatic rings. The highest BCUT2D eigenvalue weighted by Crippen LogP contribution is 2.06. The molecule has 1 aromatic carbocycles. The largest absolute Gasteiger partial charge is 0.271 e. The number of nitrogens with one attached hydrogen (secondary N) is 1. The summed E-state index contributed by atoms with van der Waals surface area (Å²) in [4.78, 5) is 11.7. The number of benzene rings is 1. The molecular formula is C17H26N2O. The maximum Gasteiger partial charge on any atom is 0.271 e. The molecule has 20 heavy (non-hydrogen) atoms. The summed E-state index contributed by atoms with van der Waals surface area (Å²) in [5, 5.41) is 3.98. The summed E-state index contributed by atoms with van der Waals surface area (Å²) in [6.07, 6.45) is 10.4. The molecular weight excluding hydrogens is 248 g/mol. The summed E-state index contributed by atoms with van der Waals surface area (Å²) in [6, 6.07) is 7.48. The molecule has 110 valence electrons. The fourth-order valence-electron chi connectivity index (χ4n) is 1.95. The molecule has 0 aliphatic heterocycles. The minimum Gasteiger partial charge on any atom is -0.267 e. The number of rotatable bonds is 9. The van der Waals surface area contributed by atoms with Crippen LogP contribution in [-0.4, -0.2) is 12.1 Å². The predicted octanol–water partition coefficient (Wildman–Crippen LogP) is 4.46. The first-order valence-corrected chi connectivity index (χ1v) is 7.62. The number of hydrogen-bond acceptors (Lipinski definition) is 2. The number of nitrogens with zero attached hydrogens (tertiary/aromatic N) is 1. The average Bonchev–Trinajstić information content (AvgIpc) is 2.46. The molecule has 0 radical (unpaired) electrons. The Balaban J connectivity index is 2.11. The summed E-state index contributed by atoms with van der Waals surface area (Å²) < 4.78 is 0. The minimum atomic E-state index is -0.149. The molecule has 1 amide bonds. The monoisotopic (exact) mass is 274 g/mol. The molecule has 0 bridgehead atoms. The smallest absolute Gasteiger partial charge is 0.267 e. The van der Waals surface area contributed by atoms with Crippen LogP contribution in [0.3, 0.4) is 0 Å². The highest BCUT2D eigenvalue weighted by Gasteiger charge is 2.02. The second-order valence-corrected chi connectivity index (χ2v) is 5.18.